The third kappa shape index (κ3) is 5.77. The molecule has 4 rings (SSSR count). The van der Waals surface area contributed by atoms with Gasteiger partial charge in [0.25, 0.3) is 5.56 Å². The number of esters is 1. The molecule has 0 aliphatic carbocycles. The lowest BCUT2D eigenvalue weighted by Crippen LogP contribution is -2.46. The first-order chi connectivity index (χ1) is 18.6. The van der Waals surface area contributed by atoms with Crippen LogP contribution < -0.4 is 15.8 Å². The Kier molecular flexibility index (Phi) is 8.57. The number of para-hydroxylation sites is 1. The average Bonchev–Trinajstić information content (AvgIpc) is 3.50. The van der Waals surface area contributed by atoms with Crippen molar-refractivity contribution in [2.45, 2.75) is 50.0 Å². The molecule has 2 aromatic rings. The van der Waals surface area contributed by atoms with E-state index in [-0.39, 0.29) is 18.9 Å². The van der Waals surface area contributed by atoms with E-state index in [0.717, 1.165) is 16.8 Å². The molecule has 16 nitrogen and oxygen atoms in total. The van der Waals surface area contributed by atoms with Gasteiger partial charge in [0, 0.05) is 23.7 Å². The summed E-state index contributed by atoms with van der Waals surface area (Å²) in [5.41, 5.74) is 5.17. The van der Waals surface area contributed by atoms with Crippen LogP contribution in [0.2, 0.25) is 0 Å². The first-order valence-corrected chi connectivity index (χ1v) is 13.5. The highest BCUT2D eigenvalue weighted by atomic mass is 31.2. The molecule has 0 spiro atoms. The van der Waals surface area contributed by atoms with Crippen LogP contribution in [0.1, 0.15) is 26.0 Å². The molecule has 2 fully saturated rings. The van der Waals surface area contributed by atoms with Crippen LogP contribution in [0.5, 0.6) is 5.75 Å². The van der Waals surface area contributed by atoms with Crippen molar-refractivity contribution in [2.75, 3.05) is 19.8 Å². The standard InChI is InChI=1S/C22H27N6O10P/c1-2-35-20(32)15-9-6-11-28(15)39(34,38-14-7-4-3-5-8-14)36-13-22(25-26-23)18(31)17(30)19(37-22)27-12-10-16(29)24-21(27)33/h3-5,7-8,10,12,15,17-19,30-31H,2,6,9,11,13H2,1H3,(H,24,29,33)/t15-,17+,18-,19+,22+,39?/m0/s1. The number of carbonyl (C=O) groups excluding carboxylic acids is 1. The van der Waals surface area contributed by atoms with Crippen molar-refractivity contribution in [1.29, 1.82) is 0 Å². The summed E-state index contributed by atoms with van der Waals surface area (Å²) < 4.78 is 38.5. The zero-order valence-corrected chi connectivity index (χ0v) is 21.6. The molecule has 39 heavy (non-hydrogen) atoms. The summed E-state index contributed by atoms with van der Waals surface area (Å²) in [6, 6.07) is 7.99. The monoisotopic (exact) mass is 566 g/mol. The second-order valence-corrected chi connectivity index (χ2v) is 10.6. The number of ether oxygens (including phenoxy) is 2. The molecule has 1 unspecified atom stereocenters. The summed E-state index contributed by atoms with van der Waals surface area (Å²) in [6.45, 7) is 0.937. The molecule has 210 valence electrons. The van der Waals surface area contributed by atoms with Crippen LogP contribution in [-0.4, -0.2) is 74.1 Å². The van der Waals surface area contributed by atoms with Gasteiger partial charge in [0.15, 0.2) is 6.23 Å². The lowest BCUT2D eigenvalue weighted by atomic mass is 10.1. The molecule has 3 N–H and O–H groups in total. The van der Waals surface area contributed by atoms with Gasteiger partial charge in [-0.3, -0.25) is 23.7 Å². The summed E-state index contributed by atoms with van der Waals surface area (Å²) in [6.07, 6.45) is -3.64. The number of hydrogen-bond donors (Lipinski definition) is 3. The van der Waals surface area contributed by atoms with Crippen LogP contribution in [0.3, 0.4) is 0 Å². The van der Waals surface area contributed by atoms with E-state index in [1.54, 1.807) is 25.1 Å². The number of benzene rings is 1. The average molecular weight is 566 g/mol. The quantitative estimate of drug-likeness (QED) is 0.121. The van der Waals surface area contributed by atoms with E-state index in [1.165, 1.54) is 16.8 Å². The van der Waals surface area contributed by atoms with Crippen LogP contribution in [0.25, 0.3) is 10.4 Å². The number of nitrogens with zero attached hydrogens (tertiary/aromatic N) is 5. The van der Waals surface area contributed by atoms with E-state index in [9.17, 15) is 34.7 Å². The molecule has 2 saturated heterocycles. The molecule has 6 atom stereocenters. The Labute approximate surface area is 220 Å². The number of aliphatic hydroxyl groups excluding tert-OH is 2. The third-order valence-corrected chi connectivity index (χ3v) is 8.24. The van der Waals surface area contributed by atoms with Crippen molar-refractivity contribution in [2.24, 2.45) is 5.11 Å². The Morgan fingerprint density at radius 1 is 1.31 bits per heavy atom. The maximum atomic E-state index is 14.3. The summed E-state index contributed by atoms with van der Waals surface area (Å²) in [7, 11) is -4.43. The zero-order valence-electron chi connectivity index (χ0n) is 20.7. The summed E-state index contributed by atoms with van der Waals surface area (Å²) in [4.78, 5) is 41.0. The van der Waals surface area contributed by atoms with E-state index >= 15 is 0 Å². The number of nitrogens with one attached hydrogen (secondary N) is 1. The van der Waals surface area contributed by atoms with Crippen LogP contribution in [0.15, 0.2) is 57.3 Å². The highest BCUT2D eigenvalue weighted by Crippen LogP contribution is 2.56. The molecule has 1 aromatic carbocycles. The van der Waals surface area contributed by atoms with E-state index in [4.69, 9.17) is 18.5 Å². The van der Waals surface area contributed by atoms with Crippen molar-refractivity contribution < 1.29 is 38.1 Å². The molecule has 17 heteroatoms. The summed E-state index contributed by atoms with van der Waals surface area (Å²) in [5, 5.41) is 25.0. The fourth-order valence-corrected chi connectivity index (χ4v) is 6.37. The lowest BCUT2D eigenvalue weighted by Gasteiger charge is -2.33. The van der Waals surface area contributed by atoms with Crippen molar-refractivity contribution >= 4 is 13.7 Å². The SMILES string of the molecule is CCOC(=O)[C@@H]1CCCN1P(=O)(OC[C@@]1(N=[N+]=[N-])O[C@@H](n2ccc(=O)[nH]c2=O)[C@H](O)[C@@H]1O)Oc1ccccc1. The lowest BCUT2D eigenvalue weighted by molar-refractivity contribution is -0.147. The number of rotatable bonds is 10. The minimum atomic E-state index is -4.43. The number of hydrogen-bond acceptors (Lipinski definition) is 11. The minimum absolute atomic E-state index is 0.0945. The molecule has 0 saturated carbocycles. The third-order valence-electron chi connectivity index (χ3n) is 6.24. The van der Waals surface area contributed by atoms with Crippen molar-refractivity contribution in [3.63, 3.8) is 0 Å². The van der Waals surface area contributed by atoms with E-state index in [1.807, 2.05) is 4.98 Å². The molecular formula is C22H27N6O10P. The fraction of sp³-hybridized carbons (Fsp3) is 0.500. The first-order valence-electron chi connectivity index (χ1n) is 12.0. The normalized spacial score (nSPS) is 28.4. The highest BCUT2D eigenvalue weighted by Gasteiger charge is 2.57. The van der Waals surface area contributed by atoms with Gasteiger partial charge in [0.1, 0.15) is 24.0 Å². The van der Waals surface area contributed by atoms with Crippen LogP contribution in [0.4, 0.5) is 0 Å². The highest BCUT2D eigenvalue weighted by molar-refractivity contribution is 7.51. The Hall–Kier alpha value is -3.49. The molecule has 0 amide bonds. The van der Waals surface area contributed by atoms with Crippen LogP contribution in [0, 0.1) is 0 Å². The number of aromatic nitrogens is 2. The maximum absolute atomic E-state index is 14.3. The van der Waals surface area contributed by atoms with Gasteiger partial charge in [-0.15, -0.1) is 0 Å². The van der Waals surface area contributed by atoms with Crippen molar-refractivity contribution in [1.82, 2.24) is 14.2 Å². The first kappa shape index (κ1) is 28.5. The van der Waals surface area contributed by atoms with Gasteiger partial charge in [-0.2, -0.15) is 4.67 Å². The Morgan fingerprint density at radius 2 is 2.05 bits per heavy atom. The van der Waals surface area contributed by atoms with Gasteiger partial charge in [-0.1, -0.05) is 23.3 Å². The van der Waals surface area contributed by atoms with Gasteiger partial charge >= 0.3 is 19.4 Å². The fourth-order valence-electron chi connectivity index (χ4n) is 4.39. The number of aromatic amines is 1. The zero-order chi connectivity index (χ0) is 28.2. The molecule has 3 heterocycles. The van der Waals surface area contributed by atoms with Gasteiger partial charge < -0.3 is 24.2 Å². The van der Waals surface area contributed by atoms with Gasteiger partial charge in [-0.05, 0) is 37.4 Å². The molecule has 2 aliphatic heterocycles. The van der Waals surface area contributed by atoms with E-state index < -0.39 is 61.8 Å². The molecule has 1 aromatic heterocycles. The molecule has 2 aliphatic rings. The number of carbonyl (C=O) groups is 1. The topological polar surface area (TPSA) is 218 Å². The van der Waals surface area contributed by atoms with Crippen molar-refractivity contribution in [3.8, 4) is 5.75 Å². The maximum Gasteiger partial charge on any atom is 0.462 e. The Bertz CT molecular complexity index is 1400. The predicted octanol–water partition coefficient (Wildman–Crippen LogP) is 1.03. The van der Waals surface area contributed by atoms with E-state index in [0.29, 0.717) is 12.8 Å². The van der Waals surface area contributed by atoms with E-state index in [2.05, 4.69) is 10.0 Å². The Balaban J connectivity index is 1.67. The second kappa shape index (κ2) is 11.7. The smallest absolute Gasteiger partial charge is 0.462 e. The minimum Gasteiger partial charge on any atom is -0.465 e. The largest absolute Gasteiger partial charge is 0.465 e. The van der Waals surface area contributed by atoms with Crippen LogP contribution in [-0.2, 0) is 23.4 Å². The molecule has 0 bridgehead atoms. The van der Waals surface area contributed by atoms with Crippen molar-refractivity contribution in [3.05, 3.63) is 73.9 Å². The molecular weight excluding hydrogens is 539 g/mol. The second-order valence-electron chi connectivity index (χ2n) is 8.71. The molecule has 0 radical (unpaired) electrons. The van der Waals surface area contributed by atoms with Crippen LogP contribution >= 0.6 is 7.75 Å². The number of H-pyrrole nitrogens is 1. The van der Waals surface area contributed by atoms with Gasteiger partial charge in [0.2, 0.25) is 5.72 Å². The van der Waals surface area contributed by atoms with Gasteiger partial charge in [-0.25, -0.2) is 9.36 Å². The Morgan fingerprint density at radius 3 is 2.72 bits per heavy atom. The summed E-state index contributed by atoms with van der Waals surface area (Å²) >= 11 is 0. The van der Waals surface area contributed by atoms with Gasteiger partial charge in [0.05, 0.1) is 13.2 Å². The number of aliphatic hydroxyl groups is 2. The predicted molar refractivity (Wildman–Crippen MR) is 132 cm³/mol. The number of azide groups is 1. The summed E-state index contributed by atoms with van der Waals surface area (Å²) in [5.74, 6) is -0.496.